The maximum atomic E-state index is 9.82. The highest BCUT2D eigenvalue weighted by atomic mass is 32.2. The van der Waals surface area contributed by atoms with Gasteiger partial charge in [0.25, 0.3) is 0 Å². The van der Waals surface area contributed by atoms with Gasteiger partial charge in [0.15, 0.2) is 0 Å². The molecule has 0 atom stereocenters. The summed E-state index contributed by atoms with van der Waals surface area (Å²) in [6.07, 6.45) is 6.78. The van der Waals surface area contributed by atoms with E-state index in [9.17, 15) is 5.26 Å². The fraction of sp³-hybridized carbons (Fsp3) is 1.00. The second-order valence-corrected chi connectivity index (χ2v) is 4.64. The van der Waals surface area contributed by atoms with Crippen molar-refractivity contribution >= 4 is 12.0 Å². The van der Waals surface area contributed by atoms with Crippen molar-refractivity contribution in [3.05, 3.63) is 0 Å². The van der Waals surface area contributed by atoms with Gasteiger partial charge in [0.05, 0.1) is 0 Å². The van der Waals surface area contributed by atoms with Crippen molar-refractivity contribution in [1.29, 1.82) is 0 Å². The van der Waals surface area contributed by atoms with Gasteiger partial charge in [0.2, 0.25) is 0 Å². The van der Waals surface area contributed by atoms with Crippen LogP contribution in [0.4, 0.5) is 0 Å². The normalized spacial score (nSPS) is 41.7. The largest absolute Gasteiger partial charge is 0.711 e. The molecular weight excluding hydrogens is 160 g/mol. The zero-order chi connectivity index (χ0) is 7.73. The van der Waals surface area contributed by atoms with E-state index in [0.717, 1.165) is 23.7 Å². The molecule has 0 unspecified atom stereocenters. The summed E-state index contributed by atoms with van der Waals surface area (Å²) in [5, 5.41) is 9.82. The van der Waals surface area contributed by atoms with Gasteiger partial charge in [-0.1, -0.05) is 0 Å². The van der Waals surface area contributed by atoms with Gasteiger partial charge in [-0.25, -0.2) is 0 Å². The first-order chi connectivity index (χ1) is 5.35. The highest BCUT2D eigenvalue weighted by Crippen LogP contribution is 2.55. The molecule has 0 aromatic rings. The molecule has 0 N–H and O–H groups in total. The topological polar surface area (TPSA) is 32.3 Å². The average Bonchev–Trinajstić information content (AvgIpc) is 2.60. The molecule has 0 spiro atoms. The lowest BCUT2D eigenvalue weighted by atomic mass is 9.87. The van der Waals surface area contributed by atoms with Crippen molar-refractivity contribution in [2.24, 2.45) is 11.3 Å². The number of hydrogen-bond donors (Lipinski definition) is 0. The minimum absolute atomic E-state index is 0.500. The Hall–Kier alpha value is 0.270. The van der Waals surface area contributed by atoms with Crippen molar-refractivity contribution in [2.45, 2.75) is 32.1 Å². The van der Waals surface area contributed by atoms with Crippen LogP contribution < -0.4 is 5.26 Å². The predicted octanol–water partition coefficient (Wildman–Crippen LogP) is 1.51. The van der Waals surface area contributed by atoms with E-state index in [2.05, 4.69) is 4.33 Å². The second kappa shape index (κ2) is 2.96. The third-order valence-corrected chi connectivity index (χ3v) is 4.13. The Balaban J connectivity index is 1.89. The van der Waals surface area contributed by atoms with Gasteiger partial charge in [-0.3, -0.25) is 0 Å². The Morgan fingerprint density at radius 1 is 1.45 bits per heavy atom. The molecule has 0 aromatic heterocycles. The van der Waals surface area contributed by atoms with Crippen LogP contribution in [0.3, 0.4) is 0 Å². The lowest BCUT2D eigenvalue weighted by Gasteiger charge is -2.25. The molecule has 11 heavy (non-hydrogen) atoms. The van der Waals surface area contributed by atoms with E-state index >= 15 is 0 Å². The van der Waals surface area contributed by atoms with E-state index in [1.54, 1.807) is 0 Å². The van der Waals surface area contributed by atoms with E-state index in [4.69, 9.17) is 0 Å². The molecule has 2 fully saturated rings. The monoisotopic (exact) mass is 173 g/mol. The van der Waals surface area contributed by atoms with Crippen LogP contribution in [0.1, 0.15) is 32.1 Å². The lowest BCUT2D eigenvalue weighted by molar-refractivity contribution is -0.630. The zero-order valence-electron chi connectivity index (χ0n) is 6.54. The van der Waals surface area contributed by atoms with Gasteiger partial charge in [0, 0.05) is 5.75 Å². The second-order valence-electron chi connectivity index (χ2n) is 3.98. The Kier molecular flexibility index (Phi) is 2.12. The number of hydrogen-bond acceptors (Lipinski definition) is 3. The molecule has 0 aromatic carbocycles. The van der Waals surface area contributed by atoms with Gasteiger partial charge in [0.1, 0.15) is 0 Å². The fourth-order valence-electron chi connectivity index (χ4n) is 2.66. The Bertz CT molecular complexity index is 141. The van der Waals surface area contributed by atoms with Crippen LogP contribution in [-0.4, -0.2) is 5.75 Å². The van der Waals surface area contributed by atoms with E-state index in [-0.39, 0.29) is 0 Å². The van der Waals surface area contributed by atoms with Crippen LogP contribution in [-0.2, 0) is 4.33 Å². The van der Waals surface area contributed by atoms with Crippen molar-refractivity contribution in [3.8, 4) is 0 Å². The highest BCUT2D eigenvalue weighted by Gasteiger charge is 2.44. The lowest BCUT2D eigenvalue weighted by Crippen LogP contribution is -2.18. The Morgan fingerprint density at radius 3 is 2.64 bits per heavy atom. The molecule has 2 rings (SSSR count). The number of rotatable bonds is 3. The summed E-state index contributed by atoms with van der Waals surface area (Å²) in [5.74, 6) is 1.90. The fourth-order valence-corrected chi connectivity index (χ4v) is 3.37. The summed E-state index contributed by atoms with van der Waals surface area (Å²) in [6, 6.07) is 0. The molecule has 64 valence electrons. The molecule has 0 amide bonds. The van der Waals surface area contributed by atoms with E-state index in [0.29, 0.717) is 5.41 Å². The third-order valence-electron chi connectivity index (χ3n) is 3.30. The third kappa shape index (κ3) is 1.42. The first-order valence-electron chi connectivity index (χ1n) is 4.26. The molecule has 3 heteroatoms. The molecular formula is C8H13O2S-. The van der Waals surface area contributed by atoms with Gasteiger partial charge in [-0.2, -0.15) is 0 Å². The van der Waals surface area contributed by atoms with E-state index < -0.39 is 0 Å². The van der Waals surface area contributed by atoms with E-state index in [1.165, 1.54) is 32.1 Å². The maximum absolute atomic E-state index is 9.82. The van der Waals surface area contributed by atoms with Crippen molar-refractivity contribution in [3.63, 3.8) is 0 Å². The van der Waals surface area contributed by atoms with Crippen LogP contribution in [0, 0.1) is 11.3 Å². The summed E-state index contributed by atoms with van der Waals surface area (Å²) in [5.41, 5.74) is 0.500. The molecule has 0 radical (unpaired) electrons. The summed E-state index contributed by atoms with van der Waals surface area (Å²) < 4.78 is 3.82. The van der Waals surface area contributed by atoms with Gasteiger partial charge < -0.3 is 9.59 Å². The van der Waals surface area contributed by atoms with Crippen LogP contribution in [0.5, 0.6) is 0 Å². The number of fused-ring (bicyclic) bond motifs is 2. The van der Waals surface area contributed by atoms with Crippen molar-refractivity contribution < 1.29 is 9.59 Å². The van der Waals surface area contributed by atoms with E-state index in [1.807, 2.05) is 0 Å². The summed E-state index contributed by atoms with van der Waals surface area (Å²) in [4.78, 5) is 0. The standard InChI is InChI=1S/C8H14O2S/c9-10-11-6-8-3-1-7(5-8)2-4-8/h7,9H,1-6H2/p-1. The molecule has 2 saturated carbocycles. The van der Waals surface area contributed by atoms with Crippen LogP contribution in [0.25, 0.3) is 0 Å². The average molecular weight is 173 g/mol. The minimum atomic E-state index is 0.500. The van der Waals surface area contributed by atoms with Gasteiger partial charge >= 0.3 is 0 Å². The zero-order valence-corrected chi connectivity index (χ0v) is 7.36. The first-order valence-corrected chi connectivity index (χ1v) is 5.17. The quantitative estimate of drug-likeness (QED) is 0.368. The molecule has 2 nitrogen and oxygen atoms in total. The SMILES string of the molecule is [O-]OSCC12CCC(CC1)C2. The van der Waals surface area contributed by atoms with Crippen LogP contribution in [0.2, 0.25) is 0 Å². The molecule has 2 aliphatic carbocycles. The minimum Gasteiger partial charge on any atom is -0.711 e. The Morgan fingerprint density at radius 2 is 2.18 bits per heavy atom. The summed E-state index contributed by atoms with van der Waals surface area (Å²) >= 11 is 1.10. The maximum Gasteiger partial charge on any atom is 0.0246 e. The van der Waals surface area contributed by atoms with Crippen LogP contribution >= 0.6 is 12.0 Å². The molecule has 0 saturated heterocycles. The van der Waals surface area contributed by atoms with Crippen molar-refractivity contribution in [1.82, 2.24) is 0 Å². The molecule has 0 heterocycles. The molecule has 2 aliphatic rings. The van der Waals surface area contributed by atoms with Gasteiger partial charge in [-0.15, -0.1) is 0 Å². The summed E-state index contributed by atoms with van der Waals surface area (Å²) in [6.45, 7) is 0. The molecule has 2 bridgehead atoms. The first kappa shape index (κ1) is 7.90. The summed E-state index contributed by atoms with van der Waals surface area (Å²) in [7, 11) is 0. The smallest absolute Gasteiger partial charge is 0.0246 e. The van der Waals surface area contributed by atoms with Gasteiger partial charge in [-0.05, 0) is 55.5 Å². The van der Waals surface area contributed by atoms with Crippen molar-refractivity contribution in [2.75, 3.05) is 5.75 Å². The molecule has 0 aliphatic heterocycles. The predicted molar refractivity (Wildman–Crippen MR) is 42.6 cm³/mol. The Labute approximate surface area is 71.5 Å². The highest BCUT2D eigenvalue weighted by molar-refractivity contribution is 7.94. The van der Waals surface area contributed by atoms with Crippen LogP contribution in [0.15, 0.2) is 0 Å².